The fraction of sp³-hybridized carbons (Fsp3) is 0.765. The first-order valence-corrected chi connectivity index (χ1v) is 8.39. The first-order chi connectivity index (χ1) is 9.79. The summed E-state index contributed by atoms with van der Waals surface area (Å²) in [4.78, 5) is 9.73. The lowest BCUT2D eigenvalue weighted by atomic mass is 9.83. The van der Waals surface area contributed by atoms with Crippen molar-refractivity contribution >= 4 is 0 Å². The van der Waals surface area contributed by atoms with Crippen molar-refractivity contribution in [1.29, 1.82) is 0 Å². The molecule has 0 saturated heterocycles. The monoisotopic (exact) mass is 271 g/mol. The first kappa shape index (κ1) is 12.8. The minimum atomic E-state index is 0.660. The Morgan fingerprint density at radius 1 is 1.10 bits per heavy atom. The first-order valence-electron chi connectivity index (χ1n) is 8.39. The van der Waals surface area contributed by atoms with Crippen molar-refractivity contribution in [3.8, 4) is 0 Å². The van der Waals surface area contributed by atoms with E-state index in [2.05, 4.69) is 12.2 Å². The summed E-state index contributed by atoms with van der Waals surface area (Å²) in [5, 5.41) is 3.68. The van der Waals surface area contributed by atoms with Crippen LogP contribution < -0.4 is 5.32 Å². The molecule has 0 radical (unpaired) electrons. The van der Waals surface area contributed by atoms with Gasteiger partial charge in [0.2, 0.25) is 0 Å². The predicted octanol–water partition coefficient (Wildman–Crippen LogP) is 2.91. The third-order valence-electron chi connectivity index (χ3n) is 5.34. The predicted molar refractivity (Wildman–Crippen MR) is 79.9 cm³/mol. The summed E-state index contributed by atoms with van der Waals surface area (Å²) in [6.45, 7) is 3.38. The summed E-state index contributed by atoms with van der Waals surface area (Å²) >= 11 is 0. The molecule has 1 unspecified atom stereocenters. The number of rotatable bonds is 4. The maximum absolute atomic E-state index is 4.91. The van der Waals surface area contributed by atoms with Crippen LogP contribution >= 0.6 is 0 Å². The van der Waals surface area contributed by atoms with E-state index < -0.39 is 0 Å². The van der Waals surface area contributed by atoms with Gasteiger partial charge in [-0.1, -0.05) is 6.42 Å². The second kappa shape index (κ2) is 5.10. The summed E-state index contributed by atoms with van der Waals surface area (Å²) in [5.74, 6) is 2.59. The summed E-state index contributed by atoms with van der Waals surface area (Å²) in [6, 6.07) is 0.828. The molecule has 3 heteroatoms. The van der Waals surface area contributed by atoms with E-state index in [9.17, 15) is 0 Å². The second-order valence-corrected chi connectivity index (χ2v) is 7.01. The van der Waals surface area contributed by atoms with Gasteiger partial charge in [-0.05, 0) is 69.9 Å². The van der Waals surface area contributed by atoms with E-state index in [1.54, 1.807) is 0 Å². The van der Waals surface area contributed by atoms with E-state index in [1.807, 2.05) is 0 Å². The topological polar surface area (TPSA) is 37.8 Å². The van der Waals surface area contributed by atoms with Gasteiger partial charge >= 0.3 is 0 Å². The fourth-order valence-corrected chi connectivity index (χ4v) is 3.53. The van der Waals surface area contributed by atoms with E-state index in [0.29, 0.717) is 5.92 Å². The van der Waals surface area contributed by atoms with E-state index in [0.717, 1.165) is 24.2 Å². The van der Waals surface area contributed by atoms with E-state index >= 15 is 0 Å². The van der Waals surface area contributed by atoms with Gasteiger partial charge in [0.05, 0.1) is 0 Å². The van der Waals surface area contributed by atoms with Crippen LogP contribution in [0.2, 0.25) is 0 Å². The lowest BCUT2D eigenvalue weighted by Crippen LogP contribution is -2.30. The molecule has 20 heavy (non-hydrogen) atoms. The summed E-state index contributed by atoms with van der Waals surface area (Å²) in [6.07, 6.45) is 10.4. The Bertz CT molecular complexity index is 503. The van der Waals surface area contributed by atoms with Crippen molar-refractivity contribution in [3.63, 3.8) is 0 Å². The average molecular weight is 271 g/mol. The van der Waals surface area contributed by atoms with Gasteiger partial charge in [0, 0.05) is 23.3 Å². The molecule has 108 valence electrons. The van der Waals surface area contributed by atoms with Crippen molar-refractivity contribution in [2.45, 2.75) is 70.3 Å². The zero-order valence-electron chi connectivity index (χ0n) is 12.5. The zero-order chi connectivity index (χ0) is 13.5. The maximum Gasteiger partial charge on any atom is 0.131 e. The molecule has 3 nitrogen and oxygen atoms in total. The van der Waals surface area contributed by atoms with Crippen molar-refractivity contribution < 1.29 is 0 Å². The molecule has 0 bridgehead atoms. The van der Waals surface area contributed by atoms with Crippen molar-refractivity contribution in [1.82, 2.24) is 15.3 Å². The van der Waals surface area contributed by atoms with Crippen LogP contribution in [0.1, 0.15) is 67.2 Å². The second-order valence-electron chi connectivity index (χ2n) is 7.01. The minimum Gasteiger partial charge on any atom is -0.314 e. The van der Waals surface area contributed by atoms with Crippen LogP contribution in [0.4, 0.5) is 0 Å². The molecule has 1 heterocycles. The van der Waals surface area contributed by atoms with Crippen LogP contribution in [0.15, 0.2) is 0 Å². The van der Waals surface area contributed by atoms with Crippen molar-refractivity contribution in [2.24, 2.45) is 5.92 Å². The Morgan fingerprint density at radius 3 is 2.65 bits per heavy atom. The smallest absolute Gasteiger partial charge is 0.131 e. The third kappa shape index (κ3) is 2.48. The van der Waals surface area contributed by atoms with Crippen molar-refractivity contribution in [2.75, 3.05) is 6.54 Å². The van der Waals surface area contributed by atoms with Crippen LogP contribution in [0, 0.1) is 12.8 Å². The molecule has 0 aromatic carbocycles. The Balaban J connectivity index is 1.48. The van der Waals surface area contributed by atoms with Gasteiger partial charge in [-0.2, -0.15) is 0 Å². The van der Waals surface area contributed by atoms with Gasteiger partial charge in [-0.3, -0.25) is 0 Å². The molecule has 0 aliphatic heterocycles. The molecule has 4 rings (SSSR count). The quantitative estimate of drug-likeness (QED) is 0.915. The molecule has 3 aliphatic carbocycles. The number of aryl methyl sites for hydroxylation is 2. The average Bonchev–Trinajstić information content (AvgIpc) is 3.19. The molecule has 0 spiro atoms. The van der Waals surface area contributed by atoms with Crippen LogP contribution in [0.5, 0.6) is 0 Å². The van der Waals surface area contributed by atoms with E-state index in [1.165, 1.54) is 68.4 Å². The van der Waals surface area contributed by atoms with Gasteiger partial charge < -0.3 is 5.32 Å². The number of aromatic nitrogens is 2. The molecule has 2 saturated carbocycles. The molecule has 1 aromatic heterocycles. The largest absolute Gasteiger partial charge is 0.314 e. The number of hydrogen-bond acceptors (Lipinski definition) is 3. The molecule has 1 aromatic rings. The standard InChI is InChI=1S/C17H25N3/c1-11-15-9-12(10-18-14-6-7-14)5-8-16(15)20-17(19-11)13-3-2-4-13/h12-14,18H,2-10H2,1H3. The molecular formula is C17H25N3. The van der Waals surface area contributed by atoms with Gasteiger partial charge in [0.15, 0.2) is 0 Å². The lowest BCUT2D eigenvalue weighted by molar-refractivity contribution is 0.389. The number of nitrogens with zero attached hydrogens (tertiary/aromatic N) is 2. The molecule has 0 amide bonds. The Morgan fingerprint density at radius 2 is 1.95 bits per heavy atom. The molecule has 2 fully saturated rings. The van der Waals surface area contributed by atoms with Crippen LogP contribution in [-0.2, 0) is 12.8 Å². The summed E-state index contributed by atoms with van der Waals surface area (Å²) in [7, 11) is 0. The van der Waals surface area contributed by atoms with Gasteiger partial charge in [-0.15, -0.1) is 0 Å². The highest BCUT2D eigenvalue weighted by Crippen LogP contribution is 2.36. The molecule has 1 N–H and O–H groups in total. The van der Waals surface area contributed by atoms with Crippen LogP contribution in [-0.4, -0.2) is 22.6 Å². The molecule has 3 aliphatic rings. The zero-order valence-corrected chi connectivity index (χ0v) is 12.5. The normalized spacial score (nSPS) is 26.1. The fourth-order valence-electron chi connectivity index (χ4n) is 3.53. The lowest BCUT2D eigenvalue weighted by Gasteiger charge is -2.29. The van der Waals surface area contributed by atoms with E-state index in [4.69, 9.17) is 9.97 Å². The van der Waals surface area contributed by atoms with Gasteiger partial charge in [0.25, 0.3) is 0 Å². The number of nitrogens with one attached hydrogen (secondary N) is 1. The molecule has 1 atom stereocenters. The Labute approximate surface area is 121 Å². The highest BCUT2D eigenvalue weighted by atomic mass is 15.0. The maximum atomic E-state index is 4.91. The third-order valence-corrected chi connectivity index (χ3v) is 5.34. The summed E-state index contributed by atoms with van der Waals surface area (Å²) in [5.41, 5.74) is 4.08. The Kier molecular flexibility index (Phi) is 3.25. The van der Waals surface area contributed by atoms with Crippen LogP contribution in [0.25, 0.3) is 0 Å². The van der Waals surface area contributed by atoms with Gasteiger partial charge in [0.1, 0.15) is 5.82 Å². The number of hydrogen-bond donors (Lipinski definition) is 1. The highest BCUT2D eigenvalue weighted by Gasteiger charge is 2.28. The Hall–Kier alpha value is -0.960. The SMILES string of the molecule is Cc1nc(C2CCC2)nc2c1CC(CNC1CC1)CC2. The van der Waals surface area contributed by atoms with Crippen molar-refractivity contribution in [3.05, 3.63) is 22.8 Å². The molecular weight excluding hydrogens is 246 g/mol. The van der Waals surface area contributed by atoms with Gasteiger partial charge in [-0.25, -0.2) is 9.97 Å². The number of fused-ring (bicyclic) bond motifs is 1. The van der Waals surface area contributed by atoms with Crippen LogP contribution in [0.3, 0.4) is 0 Å². The highest BCUT2D eigenvalue weighted by molar-refractivity contribution is 5.29. The summed E-state index contributed by atoms with van der Waals surface area (Å²) < 4.78 is 0. The minimum absolute atomic E-state index is 0.660. The van der Waals surface area contributed by atoms with E-state index in [-0.39, 0.29) is 0 Å².